The van der Waals surface area contributed by atoms with Gasteiger partial charge in [0.25, 0.3) is 0 Å². The molecule has 1 aromatic carbocycles. The molecule has 1 aliphatic rings. The SMILES string of the molecule is CC1(N)CNc2cccc(Br)c2O1. The Morgan fingerprint density at radius 2 is 2.38 bits per heavy atom. The van der Waals surface area contributed by atoms with Crippen molar-refractivity contribution in [1.82, 2.24) is 0 Å². The maximum atomic E-state index is 5.86. The zero-order chi connectivity index (χ0) is 9.47. The molecule has 2 rings (SSSR count). The molecule has 1 unspecified atom stereocenters. The molecule has 1 aliphatic heterocycles. The van der Waals surface area contributed by atoms with Gasteiger partial charge in [-0.15, -0.1) is 0 Å². The van der Waals surface area contributed by atoms with Crippen molar-refractivity contribution in [1.29, 1.82) is 0 Å². The topological polar surface area (TPSA) is 47.3 Å². The van der Waals surface area contributed by atoms with Crippen LogP contribution in [0.25, 0.3) is 0 Å². The van der Waals surface area contributed by atoms with Crippen molar-refractivity contribution < 1.29 is 4.74 Å². The predicted molar refractivity (Wildman–Crippen MR) is 55.9 cm³/mol. The molecule has 0 saturated carbocycles. The summed E-state index contributed by atoms with van der Waals surface area (Å²) < 4.78 is 6.54. The lowest BCUT2D eigenvalue weighted by Gasteiger charge is -2.33. The molecular formula is C9H11BrN2O. The van der Waals surface area contributed by atoms with Gasteiger partial charge in [-0.3, -0.25) is 5.73 Å². The van der Waals surface area contributed by atoms with Crippen LogP contribution in [-0.2, 0) is 0 Å². The highest BCUT2D eigenvalue weighted by molar-refractivity contribution is 9.10. The van der Waals surface area contributed by atoms with E-state index in [9.17, 15) is 0 Å². The second kappa shape index (κ2) is 2.89. The first kappa shape index (κ1) is 8.84. The first-order valence-corrected chi connectivity index (χ1v) is 4.88. The molecule has 3 N–H and O–H groups in total. The van der Waals surface area contributed by atoms with Crippen molar-refractivity contribution in [3.63, 3.8) is 0 Å². The van der Waals surface area contributed by atoms with E-state index in [1.54, 1.807) is 0 Å². The molecule has 0 spiro atoms. The minimum Gasteiger partial charge on any atom is -0.468 e. The van der Waals surface area contributed by atoms with Gasteiger partial charge >= 0.3 is 0 Å². The Morgan fingerprint density at radius 1 is 1.62 bits per heavy atom. The van der Waals surface area contributed by atoms with Gasteiger partial charge < -0.3 is 10.1 Å². The van der Waals surface area contributed by atoms with Crippen LogP contribution < -0.4 is 15.8 Å². The first-order valence-electron chi connectivity index (χ1n) is 4.09. The van der Waals surface area contributed by atoms with E-state index in [2.05, 4.69) is 21.2 Å². The molecule has 0 aliphatic carbocycles. The highest BCUT2D eigenvalue weighted by atomic mass is 79.9. The molecular weight excluding hydrogens is 232 g/mol. The smallest absolute Gasteiger partial charge is 0.173 e. The van der Waals surface area contributed by atoms with E-state index in [1.165, 1.54) is 0 Å². The van der Waals surface area contributed by atoms with Crippen LogP contribution in [0.4, 0.5) is 5.69 Å². The third kappa shape index (κ3) is 1.64. The maximum Gasteiger partial charge on any atom is 0.173 e. The van der Waals surface area contributed by atoms with Crippen LogP contribution in [0.1, 0.15) is 6.92 Å². The molecule has 1 aromatic rings. The third-order valence-corrected chi connectivity index (χ3v) is 2.56. The minimum atomic E-state index is -0.628. The van der Waals surface area contributed by atoms with Crippen LogP contribution >= 0.6 is 15.9 Å². The monoisotopic (exact) mass is 242 g/mol. The van der Waals surface area contributed by atoms with Gasteiger partial charge in [0.05, 0.1) is 16.7 Å². The standard InChI is InChI=1S/C9H11BrN2O/c1-9(11)5-12-7-4-2-3-6(10)8(7)13-9/h2-4,12H,5,11H2,1H3. The fourth-order valence-electron chi connectivity index (χ4n) is 1.29. The van der Waals surface area contributed by atoms with E-state index >= 15 is 0 Å². The average molecular weight is 243 g/mol. The van der Waals surface area contributed by atoms with E-state index < -0.39 is 5.72 Å². The fraction of sp³-hybridized carbons (Fsp3) is 0.333. The van der Waals surface area contributed by atoms with Gasteiger partial charge in [-0.25, -0.2) is 0 Å². The number of ether oxygens (including phenoxy) is 1. The summed E-state index contributed by atoms with van der Waals surface area (Å²) in [6, 6.07) is 5.86. The van der Waals surface area contributed by atoms with Crippen molar-refractivity contribution in [2.24, 2.45) is 5.73 Å². The summed E-state index contributed by atoms with van der Waals surface area (Å²) in [5.41, 5.74) is 6.21. The van der Waals surface area contributed by atoms with Gasteiger partial charge in [0.15, 0.2) is 11.5 Å². The second-order valence-electron chi connectivity index (χ2n) is 3.38. The van der Waals surface area contributed by atoms with Crippen molar-refractivity contribution in [2.75, 3.05) is 11.9 Å². The van der Waals surface area contributed by atoms with Crippen LogP contribution in [0.15, 0.2) is 22.7 Å². The number of hydrogen-bond acceptors (Lipinski definition) is 3. The number of hydrogen-bond donors (Lipinski definition) is 2. The Bertz CT molecular complexity index is 338. The molecule has 4 heteroatoms. The molecule has 13 heavy (non-hydrogen) atoms. The molecule has 70 valence electrons. The fourth-order valence-corrected chi connectivity index (χ4v) is 1.74. The zero-order valence-corrected chi connectivity index (χ0v) is 8.89. The number of para-hydroxylation sites is 1. The van der Waals surface area contributed by atoms with Gasteiger partial charge in [0.2, 0.25) is 0 Å². The minimum absolute atomic E-state index is 0.621. The van der Waals surface area contributed by atoms with Crippen molar-refractivity contribution >= 4 is 21.6 Å². The van der Waals surface area contributed by atoms with E-state index in [0.29, 0.717) is 6.54 Å². The summed E-state index contributed by atoms with van der Waals surface area (Å²) in [6.07, 6.45) is 0. The van der Waals surface area contributed by atoms with Crippen molar-refractivity contribution in [3.05, 3.63) is 22.7 Å². The Hall–Kier alpha value is -0.740. The number of nitrogens with one attached hydrogen (secondary N) is 1. The quantitative estimate of drug-likeness (QED) is 0.731. The van der Waals surface area contributed by atoms with Gasteiger partial charge in [0.1, 0.15) is 0 Å². The largest absolute Gasteiger partial charge is 0.468 e. The highest BCUT2D eigenvalue weighted by Crippen LogP contribution is 2.37. The third-order valence-electron chi connectivity index (χ3n) is 1.93. The predicted octanol–water partition coefficient (Wildman–Crippen LogP) is 1.93. The van der Waals surface area contributed by atoms with E-state index in [0.717, 1.165) is 15.9 Å². The summed E-state index contributed by atoms with van der Waals surface area (Å²) in [5, 5.41) is 3.21. The van der Waals surface area contributed by atoms with Gasteiger partial charge in [0, 0.05) is 0 Å². The summed E-state index contributed by atoms with van der Waals surface area (Å²) in [5.74, 6) is 0.791. The lowest BCUT2D eigenvalue weighted by molar-refractivity contribution is 0.102. The Morgan fingerprint density at radius 3 is 3.15 bits per heavy atom. The van der Waals surface area contributed by atoms with E-state index in [4.69, 9.17) is 10.5 Å². The Labute approximate surface area is 85.4 Å². The van der Waals surface area contributed by atoms with Crippen LogP contribution in [-0.4, -0.2) is 12.3 Å². The van der Waals surface area contributed by atoms with E-state index in [1.807, 2.05) is 25.1 Å². The molecule has 3 nitrogen and oxygen atoms in total. The van der Waals surface area contributed by atoms with E-state index in [-0.39, 0.29) is 0 Å². The summed E-state index contributed by atoms with van der Waals surface area (Å²) in [6.45, 7) is 2.47. The highest BCUT2D eigenvalue weighted by Gasteiger charge is 2.27. The van der Waals surface area contributed by atoms with Crippen molar-refractivity contribution in [3.8, 4) is 5.75 Å². The van der Waals surface area contributed by atoms with Crippen LogP contribution in [0, 0.1) is 0 Å². The summed E-state index contributed by atoms with van der Waals surface area (Å²) >= 11 is 3.41. The summed E-state index contributed by atoms with van der Waals surface area (Å²) in [4.78, 5) is 0. The molecule has 0 saturated heterocycles. The average Bonchev–Trinajstić information content (AvgIpc) is 2.06. The molecule has 0 fully saturated rings. The van der Waals surface area contributed by atoms with Crippen LogP contribution in [0.2, 0.25) is 0 Å². The Balaban J connectivity index is 2.44. The molecule has 0 amide bonds. The summed E-state index contributed by atoms with van der Waals surface area (Å²) in [7, 11) is 0. The van der Waals surface area contributed by atoms with Gasteiger partial charge in [-0.2, -0.15) is 0 Å². The molecule has 1 heterocycles. The molecule has 0 bridgehead atoms. The first-order chi connectivity index (χ1) is 6.08. The number of rotatable bonds is 0. The molecule has 0 radical (unpaired) electrons. The lowest BCUT2D eigenvalue weighted by atomic mass is 10.2. The van der Waals surface area contributed by atoms with Gasteiger partial charge in [-0.1, -0.05) is 6.07 Å². The number of fused-ring (bicyclic) bond motifs is 1. The zero-order valence-electron chi connectivity index (χ0n) is 7.30. The van der Waals surface area contributed by atoms with Crippen LogP contribution in [0.3, 0.4) is 0 Å². The number of anilines is 1. The number of halogens is 1. The normalized spacial score (nSPS) is 25.8. The van der Waals surface area contributed by atoms with Crippen molar-refractivity contribution in [2.45, 2.75) is 12.6 Å². The second-order valence-corrected chi connectivity index (χ2v) is 4.24. The van der Waals surface area contributed by atoms with Gasteiger partial charge in [-0.05, 0) is 35.0 Å². The number of benzene rings is 1. The molecule has 0 aromatic heterocycles. The number of nitrogens with two attached hydrogens (primary N) is 1. The Kier molecular flexibility index (Phi) is 1.96. The molecule has 1 atom stereocenters. The van der Waals surface area contributed by atoms with Crippen LogP contribution in [0.5, 0.6) is 5.75 Å². The lowest BCUT2D eigenvalue weighted by Crippen LogP contribution is -2.51. The maximum absolute atomic E-state index is 5.86.